The smallest absolute Gasteiger partial charge is 0.00257 e. The lowest BCUT2D eigenvalue weighted by atomic mass is 9.77. The van der Waals surface area contributed by atoms with E-state index in [1.54, 1.807) is 0 Å². The van der Waals surface area contributed by atoms with Gasteiger partial charge in [0.1, 0.15) is 0 Å². The Morgan fingerprint density at radius 1 is 1.15 bits per heavy atom. The summed E-state index contributed by atoms with van der Waals surface area (Å²) in [5, 5.41) is 0. The summed E-state index contributed by atoms with van der Waals surface area (Å²) in [6, 6.07) is 0. The molecule has 0 aromatic rings. The third-order valence-electron chi connectivity index (χ3n) is 3.12. The lowest BCUT2D eigenvalue weighted by molar-refractivity contribution is 0.228. The molecule has 0 unspecified atom stereocenters. The number of hydrogen-bond acceptors (Lipinski definition) is 1. The average Bonchev–Trinajstić information content (AvgIpc) is 2.06. The van der Waals surface area contributed by atoms with Gasteiger partial charge in [-0.25, -0.2) is 0 Å². The zero-order chi connectivity index (χ0) is 9.03. The van der Waals surface area contributed by atoms with Crippen LogP contribution in [0.15, 0.2) is 0 Å². The van der Waals surface area contributed by atoms with Gasteiger partial charge in [-0.1, -0.05) is 46.0 Å². The molecule has 1 rings (SSSR count). The van der Waals surface area contributed by atoms with Gasteiger partial charge in [-0.3, -0.25) is 0 Å². The van der Waals surface area contributed by atoms with Crippen molar-refractivity contribution in [2.24, 2.45) is 17.1 Å². The molecule has 1 fully saturated rings. The highest BCUT2D eigenvalue weighted by molar-refractivity contribution is 5.85. The second-order valence-corrected chi connectivity index (χ2v) is 5.08. The van der Waals surface area contributed by atoms with Gasteiger partial charge in [0.15, 0.2) is 0 Å². The molecule has 0 heterocycles. The van der Waals surface area contributed by atoms with Crippen molar-refractivity contribution in [1.29, 1.82) is 0 Å². The molecule has 0 amide bonds. The van der Waals surface area contributed by atoms with Gasteiger partial charge in [-0.2, -0.15) is 0 Å². The zero-order valence-corrected chi connectivity index (χ0v) is 9.83. The van der Waals surface area contributed by atoms with Crippen molar-refractivity contribution in [1.82, 2.24) is 0 Å². The topological polar surface area (TPSA) is 26.0 Å². The molecular weight excluding hydrogens is 182 g/mol. The highest BCUT2D eigenvalue weighted by Gasteiger charge is 2.22. The van der Waals surface area contributed by atoms with Crippen LogP contribution in [-0.2, 0) is 0 Å². The van der Waals surface area contributed by atoms with Crippen LogP contribution < -0.4 is 5.73 Å². The minimum atomic E-state index is 0. The Morgan fingerprint density at radius 2 is 1.69 bits per heavy atom. The van der Waals surface area contributed by atoms with Gasteiger partial charge in [-0.15, -0.1) is 12.4 Å². The summed E-state index contributed by atoms with van der Waals surface area (Å²) in [5.74, 6) is 0.970. The molecule has 2 N–H and O–H groups in total. The van der Waals surface area contributed by atoms with Crippen molar-refractivity contribution in [3.05, 3.63) is 0 Å². The molecule has 0 aromatic carbocycles. The Bertz CT molecular complexity index is 128. The van der Waals surface area contributed by atoms with Gasteiger partial charge >= 0.3 is 0 Å². The molecule has 0 aromatic heterocycles. The highest BCUT2D eigenvalue weighted by Crippen LogP contribution is 2.33. The van der Waals surface area contributed by atoms with Crippen molar-refractivity contribution in [3.63, 3.8) is 0 Å². The fourth-order valence-corrected chi connectivity index (χ4v) is 2.26. The second-order valence-electron chi connectivity index (χ2n) is 5.08. The van der Waals surface area contributed by atoms with E-state index in [0.717, 1.165) is 12.5 Å². The van der Waals surface area contributed by atoms with Crippen LogP contribution in [0.5, 0.6) is 0 Å². The Labute approximate surface area is 88.9 Å². The standard InChI is InChI=1S/C11H23N.ClH/c1-11(2,9-12)8-10-6-4-3-5-7-10;/h10H,3-9,12H2,1-2H3;1H. The van der Waals surface area contributed by atoms with E-state index in [0.29, 0.717) is 5.41 Å². The molecule has 0 saturated heterocycles. The first kappa shape index (κ1) is 13.2. The maximum absolute atomic E-state index is 5.72. The number of rotatable bonds is 3. The molecule has 1 nitrogen and oxygen atoms in total. The molecule has 0 atom stereocenters. The molecule has 0 spiro atoms. The van der Waals surface area contributed by atoms with Crippen molar-refractivity contribution in [3.8, 4) is 0 Å². The van der Waals surface area contributed by atoms with Crippen LogP contribution in [0.25, 0.3) is 0 Å². The molecule has 1 aliphatic carbocycles. The van der Waals surface area contributed by atoms with Crippen molar-refractivity contribution in [2.45, 2.75) is 52.4 Å². The van der Waals surface area contributed by atoms with Crippen LogP contribution in [0.4, 0.5) is 0 Å². The van der Waals surface area contributed by atoms with Crippen molar-refractivity contribution < 1.29 is 0 Å². The van der Waals surface area contributed by atoms with E-state index < -0.39 is 0 Å². The van der Waals surface area contributed by atoms with E-state index in [1.807, 2.05) is 0 Å². The number of nitrogens with two attached hydrogens (primary N) is 1. The fraction of sp³-hybridized carbons (Fsp3) is 1.00. The third kappa shape index (κ3) is 4.87. The first-order valence-electron chi connectivity index (χ1n) is 5.34. The fourth-order valence-electron chi connectivity index (χ4n) is 2.26. The third-order valence-corrected chi connectivity index (χ3v) is 3.12. The Hall–Kier alpha value is 0.250. The Kier molecular flexibility index (Phi) is 5.98. The summed E-state index contributed by atoms with van der Waals surface area (Å²) in [6.07, 6.45) is 8.59. The summed E-state index contributed by atoms with van der Waals surface area (Å²) in [6.45, 7) is 5.42. The summed E-state index contributed by atoms with van der Waals surface area (Å²) in [4.78, 5) is 0. The zero-order valence-electron chi connectivity index (χ0n) is 9.01. The summed E-state index contributed by atoms with van der Waals surface area (Å²) in [5.41, 5.74) is 6.10. The Balaban J connectivity index is 0.00000144. The van der Waals surface area contributed by atoms with E-state index in [1.165, 1.54) is 38.5 Å². The van der Waals surface area contributed by atoms with Crippen LogP contribution >= 0.6 is 12.4 Å². The summed E-state index contributed by atoms with van der Waals surface area (Å²) in [7, 11) is 0. The molecule has 80 valence electrons. The van der Waals surface area contributed by atoms with Gasteiger partial charge in [0.2, 0.25) is 0 Å². The molecule has 1 aliphatic rings. The summed E-state index contributed by atoms with van der Waals surface area (Å²) >= 11 is 0. The van der Waals surface area contributed by atoms with Crippen molar-refractivity contribution in [2.75, 3.05) is 6.54 Å². The predicted molar refractivity (Wildman–Crippen MR) is 61.3 cm³/mol. The van der Waals surface area contributed by atoms with Gasteiger partial charge < -0.3 is 5.73 Å². The van der Waals surface area contributed by atoms with Gasteiger partial charge in [0, 0.05) is 0 Å². The SMILES string of the molecule is CC(C)(CN)CC1CCCCC1.Cl. The van der Waals surface area contributed by atoms with Crippen molar-refractivity contribution >= 4 is 12.4 Å². The summed E-state index contributed by atoms with van der Waals surface area (Å²) < 4.78 is 0. The number of hydrogen-bond donors (Lipinski definition) is 1. The highest BCUT2D eigenvalue weighted by atomic mass is 35.5. The normalized spacial score (nSPS) is 19.6. The van der Waals surface area contributed by atoms with E-state index in [2.05, 4.69) is 13.8 Å². The van der Waals surface area contributed by atoms with Gasteiger partial charge in [0.25, 0.3) is 0 Å². The minimum Gasteiger partial charge on any atom is -0.330 e. The molecule has 0 aliphatic heterocycles. The van der Waals surface area contributed by atoms with E-state index in [9.17, 15) is 0 Å². The molecule has 2 heteroatoms. The molecule has 1 saturated carbocycles. The van der Waals surface area contributed by atoms with Crippen LogP contribution in [0.2, 0.25) is 0 Å². The average molecular weight is 206 g/mol. The second kappa shape index (κ2) is 5.87. The Morgan fingerprint density at radius 3 is 2.15 bits per heavy atom. The maximum Gasteiger partial charge on any atom is -0.00257 e. The molecular formula is C11H24ClN. The van der Waals surface area contributed by atoms with E-state index in [-0.39, 0.29) is 12.4 Å². The van der Waals surface area contributed by atoms with Gasteiger partial charge in [-0.05, 0) is 24.3 Å². The monoisotopic (exact) mass is 205 g/mol. The first-order valence-corrected chi connectivity index (χ1v) is 5.34. The van der Waals surface area contributed by atoms with Gasteiger partial charge in [0.05, 0.1) is 0 Å². The van der Waals surface area contributed by atoms with Crippen LogP contribution in [0.1, 0.15) is 52.4 Å². The lowest BCUT2D eigenvalue weighted by Crippen LogP contribution is -2.27. The quantitative estimate of drug-likeness (QED) is 0.752. The minimum absolute atomic E-state index is 0. The predicted octanol–water partition coefficient (Wildman–Crippen LogP) is 3.36. The van der Waals surface area contributed by atoms with Crippen LogP contribution in [0.3, 0.4) is 0 Å². The van der Waals surface area contributed by atoms with Crippen LogP contribution in [-0.4, -0.2) is 6.54 Å². The molecule has 0 bridgehead atoms. The number of halogens is 1. The van der Waals surface area contributed by atoms with Crippen LogP contribution in [0, 0.1) is 11.3 Å². The molecule has 0 radical (unpaired) electrons. The largest absolute Gasteiger partial charge is 0.330 e. The van der Waals surface area contributed by atoms with E-state index in [4.69, 9.17) is 5.73 Å². The maximum atomic E-state index is 5.72. The first-order chi connectivity index (χ1) is 5.64. The van der Waals surface area contributed by atoms with E-state index >= 15 is 0 Å². The lowest BCUT2D eigenvalue weighted by Gasteiger charge is -2.30. The molecule has 13 heavy (non-hydrogen) atoms.